The Balaban J connectivity index is 0.00000338. The number of nitrogens with zero attached hydrogens (tertiary/aromatic N) is 1. The first-order chi connectivity index (χ1) is 11.9. The molecule has 1 N–H and O–H groups in total. The van der Waals surface area contributed by atoms with Gasteiger partial charge in [0.1, 0.15) is 0 Å². The van der Waals surface area contributed by atoms with Crippen LogP contribution in [0, 0.1) is 5.82 Å². The molecule has 0 unspecified atom stereocenters. The van der Waals surface area contributed by atoms with Gasteiger partial charge in [-0.25, -0.2) is 4.39 Å². The summed E-state index contributed by atoms with van der Waals surface area (Å²) >= 11 is 0. The highest BCUT2D eigenvalue weighted by atomic mass is 35.5. The van der Waals surface area contributed by atoms with Crippen LogP contribution in [-0.2, 0) is 0 Å². The zero-order valence-electron chi connectivity index (χ0n) is 14.5. The Kier molecular flexibility index (Phi) is 9.39. The molecule has 1 saturated heterocycles. The molecule has 0 amide bonds. The summed E-state index contributed by atoms with van der Waals surface area (Å²) in [5, 5.41) is 3.27. The standard InChI is InChI=1S/C18H24F4N2O.ClH/c1-2-3-4-5-6-16(24-11-9-23-10-12-24)14-7-8-17(15(19)13-14)25-18(20,21)22;/h2,7-8,13,16,23H,1,3-6,9-12H2;1H/t16-;/m1./s1. The first-order valence-corrected chi connectivity index (χ1v) is 8.51. The molecule has 0 aromatic heterocycles. The van der Waals surface area contributed by atoms with Gasteiger partial charge >= 0.3 is 6.36 Å². The maximum absolute atomic E-state index is 14.1. The molecule has 1 aliphatic rings. The molecule has 8 heteroatoms. The number of rotatable bonds is 8. The van der Waals surface area contributed by atoms with E-state index >= 15 is 0 Å². The number of hydrogen-bond acceptors (Lipinski definition) is 3. The van der Waals surface area contributed by atoms with E-state index < -0.39 is 17.9 Å². The molecule has 0 saturated carbocycles. The lowest BCUT2D eigenvalue weighted by Gasteiger charge is -2.35. The Morgan fingerprint density at radius 2 is 1.92 bits per heavy atom. The van der Waals surface area contributed by atoms with Crippen LogP contribution < -0.4 is 10.1 Å². The second-order valence-corrected chi connectivity index (χ2v) is 6.11. The van der Waals surface area contributed by atoms with Crippen molar-refractivity contribution in [2.75, 3.05) is 26.2 Å². The highest BCUT2D eigenvalue weighted by Crippen LogP contribution is 2.32. The topological polar surface area (TPSA) is 24.5 Å². The van der Waals surface area contributed by atoms with Crippen LogP contribution in [0.15, 0.2) is 30.9 Å². The molecule has 148 valence electrons. The van der Waals surface area contributed by atoms with E-state index in [1.807, 2.05) is 6.08 Å². The van der Waals surface area contributed by atoms with Gasteiger partial charge in [-0.1, -0.05) is 18.6 Å². The van der Waals surface area contributed by atoms with Crippen molar-refractivity contribution in [1.29, 1.82) is 0 Å². The third-order valence-corrected chi connectivity index (χ3v) is 4.29. The summed E-state index contributed by atoms with van der Waals surface area (Å²) in [5.74, 6) is -1.77. The van der Waals surface area contributed by atoms with Crippen LogP contribution in [0.2, 0.25) is 0 Å². The van der Waals surface area contributed by atoms with Crippen LogP contribution in [0.4, 0.5) is 17.6 Å². The highest BCUT2D eigenvalue weighted by Gasteiger charge is 2.32. The molecule has 0 spiro atoms. The predicted molar refractivity (Wildman–Crippen MR) is 96.2 cm³/mol. The van der Waals surface area contributed by atoms with Gasteiger partial charge in [0, 0.05) is 32.2 Å². The third kappa shape index (κ3) is 7.13. The first-order valence-electron chi connectivity index (χ1n) is 8.51. The largest absolute Gasteiger partial charge is 0.573 e. The number of halogens is 5. The Morgan fingerprint density at radius 3 is 2.50 bits per heavy atom. The van der Waals surface area contributed by atoms with Gasteiger partial charge in [0.05, 0.1) is 0 Å². The van der Waals surface area contributed by atoms with Gasteiger partial charge in [-0.3, -0.25) is 4.90 Å². The maximum Gasteiger partial charge on any atom is 0.573 e. The smallest absolute Gasteiger partial charge is 0.403 e. The van der Waals surface area contributed by atoms with Crippen molar-refractivity contribution in [3.63, 3.8) is 0 Å². The van der Waals surface area contributed by atoms with Crippen LogP contribution in [0.5, 0.6) is 5.75 Å². The SMILES string of the molecule is C=CCCCC[C@H](c1ccc(OC(F)(F)F)c(F)c1)N1CCNCC1.Cl. The van der Waals surface area contributed by atoms with Gasteiger partial charge in [0.25, 0.3) is 0 Å². The van der Waals surface area contributed by atoms with E-state index in [9.17, 15) is 17.6 Å². The summed E-state index contributed by atoms with van der Waals surface area (Å²) < 4.78 is 54.7. The number of nitrogens with one attached hydrogen (secondary N) is 1. The maximum atomic E-state index is 14.1. The van der Waals surface area contributed by atoms with E-state index in [1.54, 1.807) is 0 Å². The molecule has 1 aliphatic heterocycles. The van der Waals surface area contributed by atoms with Crippen LogP contribution in [0.3, 0.4) is 0 Å². The fraction of sp³-hybridized carbons (Fsp3) is 0.556. The molecule has 1 atom stereocenters. The van der Waals surface area contributed by atoms with E-state index in [4.69, 9.17) is 0 Å². The number of ether oxygens (including phenoxy) is 1. The Morgan fingerprint density at radius 1 is 1.23 bits per heavy atom. The minimum atomic E-state index is -4.90. The summed E-state index contributed by atoms with van der Waals surface area (Å²) in [7, 11) is 0. The van der Waals surface area contributed by atoms with Gasteiger partial charge in [-0.05, 0) is 37.0 Å². The molecule has 1 heterocycles. The zero-order chi connectivity index (χ0) is 18.3. The van der Waals surface area contributed by atoms with Crippen LogP contribution in [0.25, 0.3) is 0 Å². The minimum absolute atomic E-state index is 0. The van der Waals surface area contributed by atoms with Crippen molar-refractivity contribution >= 4 is 12.4 Å². The van der Waals surface area contributed by atoms with Crippen molar-refractivity contribution < 1.29 is 22.3 Å². The number of piperazine rings is 1. The van der Waals surface area contributed by atoms with Gasteiger partial charge in [0.2, 0.25) is 0 Å². The van der Waals surface area contributed by atoms with Gasteiger partial charge < -0.3 is 10.1 Å². The van der Waals surface area contributed by atoms with E-state index in [0.717, 1.165) is 57.9 Å². The van der Waals surface area contributed by atoms with E-state index in [1.165, 1.54) is 12.1 Å². The molecular formula is C18H25ClF4N2O. The number of hydrogen-bond donors (Lipinski definition) is 1. The summed E-state index contributed by atoms with van der Waals surface area (Å²) in [6.07, 6.45) is 0.647. The third-order valence-electron chi connectivity index (χ3n) is 4.29. The quantitative estimate of drug-likeness (QED) is 0.386. The molecule has 26 heavy (non-hydrogen) atoms. The normalized spacial score (nSPS) is 16.6. The number of unbranched alkanes of at least 4 members (excludes halogenated alkanes) is 2. The summed E-state index contributed by atoms with van der Waals surface area (Å²) in [6.45, 7) is 7.05. The summed E-state index contributed by atoms with van der Waals surface area (Å²) in [6, 6.07) is 3.75. The van der Waals surface area contributed by atoms with Crippen molar-refractivity contribution in [2.24, 2.45) is 0 Å². The monoisotopic (exact) mass is 396 g/mol. The average Bonchev–Trinajstić information content (AvgIpc) is 2.57. The molecule has 2 rings (SSSR count). The van der Waals surface area contributed by atoms with Crippen LogP contribution in [0.1, 0.15) is 37.3 Å². The average molecular weight is 397 g/mol. The number of benzene rings is 1. The Bertz CT molecular complexity index is 563. The van der Waals surface area contributed by atoms with Crippen LogP contribution in [-0.4, -0.2) is 37.4 Å². The molecular weight excluding hydrogens is 372 g/mol. The lowest BCUT2D eigenvalue weighted by molar-refractivity contribution is -0.275. The Hall–Kier alpha value is -1.31. The lowest BCUT2D eigenvalue weighted by Crippen LogP contribution is -2.45. The molecule has 0 radical (unpaired) electrons. The molecule has 0 bridgehead atoms. The van der Waals surface area contributed by atoms with E-state index in [-0.39, 0.29) is 18.4 Å². The molecule has 1 aromatic carbocycles. The minimum Gasteiger partial charge on any atom is -0.403 e. The molecule has 0 aliphatic carbocycles. The van der Waals surface area contributed by atoms with Crippen molar-refractivity contribution in [1.82, 2.24) is 10.2 Å². The second kappa shape index (κ2) is 10.7. The van der Waals surface area contributed by atoms with Crippen molar-refractivity contribution in [3.05, 3.63) is 42.2 Å². The molecule has 3 nitrogen and oxygen atoms in total. The second-order valence-electron chi connectivity index (χ2n) is 6.11. The summed E-state index contributed by atoms with van der Waals surface area (Å²) in [4.78, 5) is 2.25. The van der Waals surface area contributed by atoms with E-state index in [2.05, 4.69) is 21.5 Å². The fourth-order valence-electron chi connectivity index (χ4n) is 3.11. The van der Waals surface area contributed by atoms with Crippen molar-refractivity contribution in [2.45, 2.75) is 38.1 Å². The fourth-order valence-corrected chi connectivity index (χ4v) is 3.11. The van der Waals surface area contributed by atoms with Crippen LogP contribution >= 0.6 is 12.4 Å². The highest BCUT2D eigenvalue weighted by molar-refractivity contribution is 5.85. The molecule has 1 fully saturated rings. The first kappa shape index (κ1) is 22.7. The number of alkyl halides is 3. The lowest BCUT2D eigenvalue weighted by atomic mass is 9.97. The summed E-state index contributed by atoms with van der Waals surface area (Å²) in [5.41, 5.74) is 0.688. The number of allylic oxidation sites excluding steroid dienone is 1. The zero-order valence-corrected chi connectivity index (χ0v) is 15.3. The molecule has 1 aromatic rings. The Labute approximate surface area is 157 Å². The van der Waals surface area contributed by atoms with E-state index in [0.29, 0.717) is 5.56 Å². The van der Waals surface area contributed by atoms with Gasteiger partial charge in [0.15, 0.2) is 11.6 Å². The van der Waals surface area contributed by atoms with Gasteiger partial charge in [-0.2, -0.15) is 0 Å². The van der Waals surface area contributed by atoms with Crippen molar-refractivity contribution in [3.8, 4) is 5.75 Å². The van der Waals surface area contributed by atoms with Gasteiger partial charge in [-0.15, -0.1) is 32.2 Å². The predicted octanol–water partition coefficient (Wildman–Crippen LogP) is 4.84.